The van der Waals surface area contributed by atoms with Gasteiger partial charge in [0.1, 0.15) is 0 Å². The van der Waals surface area contributed by atoms with Crippen LogP contribution in [-0.2, 0) is 25.4 Å². The summed E-state index contributed by atoms with van der Waals surface area (Å²) in [6.45, 7) is 2.36. The van der Waals surface area contributed by atoms with E-state index in [0.29, 0.717) is 37.2 Å². The van der Waals surface area contributed by atoms with E-state index in [4.69, 9.17) is 0 Å². The molecule has 1 saturated carbocycles. The zero-order valence-corrected chi connectivity index (χ0v) is 15.7. The number of fused-ring (bicyclic) bond motifs is 2. The molecule has 1 saturated heterocycles. The van der Waals surface area contributed by atoms with Gasteiger partial charge in [-0.25, -0.2) is 9.78 Å². The average Bonchev–Trinajstić information content (AvgIpc) is 3.28. The summed E-state index contributed by atoms with van der Waals surface area (Å²) < 4.78 is 4.29. The molecule has 9 nitrogen and oxygen atoms in total. The Bertz CT molecular complexity index is 1020. The fraction of sp³-hybridized carbons (Fsp3) is 0.667. The minimum atomic E-state index is -0.681. The highest BCUT2D eigenvalue weighted by molar-refractivity contribution is 5.76. The Kier molecular flexibility index (Phi) is 4.21. The van der Waals surface area contributed by atoms with Crippen LogP contribution in [0, 0.1) is 11.3 Å². The summed E-state index contributed by atoms with van der Waals surface area (Å²) in [5, 5.41) is 9.68. The van der Waals surface area contributed by atoms with Gasteiger partial charge in [0, 0.05) is 33.7 Å². The number of imidazole rings is 1. The number of aryl methyl sites for hydroxylation is 2. The van der Waals surface area contributed by atoms with Crippen LogP contribution in [0.5, 0.6) is 0 Å². The van der Waals surface area contributed by atoms with Crippen LogP contribution in [0.25, 0.3) is 11.2 Å². The maximum Gasteiger partial charge on any atom is 0.332 e. The predicted octanol–water partition coefficient (Wildman–Crippen LogP) is 0.0105. The molecule has 0 radical (unpaired) electrons. The van der Waals surface area contributed by atoms with E-state index in [1.807, 2.05) is 0 Å². The highest BCUT2D eigenvalue weighted by Crippen LogP contribution is 2.48. The Labute approximate surface area is 155 Å². The summed E-state index contributed by atoms with van der Waals surface area (Å²) in [4.78, 5) is 43.3. The van der Waals surface area contributed by atoms with Crippen LogP contribution in [0.3, 0.4) is 0 Å². The normalized spacial score (nSPS) is 25.3. The lowest BCUT2D eigenvalue weighted by molar-refractivity contribution is -0.149. The molecule has 0 spiro atoms. The summed E-state index contributed by atoms with van der Waals surface area (Å²) in [5.41, 5.74) is -0.488. The molecule has 2 atom stereocenters. The van der Waals surface area contributed by atoms with Crippen molar-refractivity contribution in [3.8, 4) is 0 Å². The molecule has 2 aromatic rings. The van der Waals surface area contributed by atoms with Gasteiger partial charge in [-0.2, -0.15) is 0 Å². The van der Waals surface area contributed by atoms with Gasteiger partial charge in [0.2, 0.25) is 0 Å². The summed E-state index contributed by atoms with van der Waals surface area (Å²) in [5.74, 6) is -0.462. The van der Waals surface area contributed by atoms with Gasteiger partial charge in [0.25, 0.3) is 5.56 Å². The summed E-state index contributed by atoms with van der Waals surface area (Å²) in [6.07, 6.45) is 4.87. The van der Waals surface area contributed by atoms with Crippen molar-refractivity contribution in [2.45, 2.75) is 32.2 Å². The van der Waals surface area contributed by atoms with Gasteiger partial charge >= 0.3 is 11.7 Å². The zero-order chi connectivity index (χ0) is 19.3. The molecule has 2 aliphatic rings. The fourth-order valence-electron chi connectivity index (χ4n) is 4.96. The van der Waals surface area contributed by atoms with Crippen molar-refractivity contribution in [3.63, 3.8) is 0 Å². The van der Waals surface area contributed by atoms with E-state index in [0.717, 1.165) is 25.8 Å². The highest BCUT2D eigenvalue weighted by atomic mass is 16.4. The first-order valence-electron chi connectivity index (χ1n) is 9.42. The first kappa shape index (κ1) is 18.0. The van der Waals surface area contributed by atoms with Crippen LogP contribution >= 0.6 is 0 Å². The van der Waals surface area contributed by atoms with E-state index >= 15 is 0 Å². The summed E-state index contributed by atoms with van der Waals surface area (Å²) in [7, 11) is 3.35. The number of hydrogen-bond acceptors (Lipinski definition) is 5. The van der Waals surface area contributed by atoms with Gasteiger partial charge in [0.15, 0.2) is 11.2 Å². The van der Waals surface area contributed by atoms with Crippen molar-refractivity contribution in [1.82, 2.24) is 23.6 Å². The Morgan fingerprint density at radius 1 is 1.33 bits per heavy atom. The molecule has 4 rings (SSSR count). The van der Waals surface area contributed by atoms with E-state index in [9.17, 15) is 19.5 Å². The number of likely N-dealkylation sites (tertiary alicyclic amines) is 1. The van der Waals surface area contributed by atoms with E-state index < -0.39 is 11.4 Å². The van der Waals surface area contributed by atoms with Crippen molar-refractivity contribution in [2.75, 3.05) is 19.6 Å². The minimum Gasteiger partial charge on any atom is -0.481 e. The SMILES string of the molecule is Cn1cnc2c1c(=O)n(CCCN1C[C@@H]3CCC[C@@]3(C(=O)O)C1)c(=O)n2C. The highest BCUT2D eigenvalue weighted by Gasteiger charge is 2.54. The number of carbonyl (C=O) groups is 1. The van der Waals surface area contributed by atoms with Gasteiger partial charge in [-0.1, -0.05) is 6.42 Å². The largest absolute Gasteiger partial charge is 0.481 e. The van der Waals surface area contributed by atoms with Crippen molar-refractivity contribution in [3.05, 3.63) is 27.2 Å². The molecule has 1 aliphatic heterocycles. The standard InChI is InChI=1S/C18H25N5O4/c1-20-11-19-14-13(20)15(24)23(17(27)21(14)2)8-4-7-22-9-12-5-3-6-18(12,10-22)16(25)26/h11-12H,3-10H2,1-2H3,(H,25,26)/t12-,18+/m0/s1. The molecule has 27 heavy (non-hydrogen) atoms. The number of aliphatic carboxylic acids is 1. The molecular formula is C18H25N5O4. The molecule has 2 aromatic heterocycles. The quantitative estimate of drug-likeness (QED) is 0.790. The maximum atomic E-state index is 12.7. The van der Waals surface area contributed by atoms with Gasteiger partial charge in [-0.3, -0.25) is 18.7 Å². The van der Waals surface area contributed by atoms with Crippen molar-refractivity contribution in [2.24, 2.45) is 25.4 Å². The first-order valence-corrected chi connectivity index (χ1v) is 9.42. The molecular weight excluding hydrogens is 350 g/mol. The molecule has 0 aromatic carbocycles. The Balaban J connectivity index is 1.49. The number of carboxylic acid groups (broad SMARTS) is 1. The Morgan fingerprint density at radius 3 is 2.81 bits per heavy atom. The van der Waals surface area contributed by atoms with Crippen LogP contribution < -0.4 is 11.2 Å². The van der Waals surface area contributed by atoms with Crippen LogP contribution in [0.4, 0.5) is 0 Å². The second kappa shape index (κ2) is 6.33. The smallest absolute Gasteiger partial charge is 0.332 e. The number of nitrogens with zero attached hydrogens (tertiary/aromatic N) is 5. The maximum absolute atomic E-state index is 12.7. The van der Waals surface area contributed by atoms with Gasteiger partial charge in [0.05, 0.1) is 11.7 Å². The van der Waals surface area contributed by atoms with Crippen molar-refractivity contribution < 1.29 is 9.90 Å². The van der Waals surface area contributed by atoms with Gasteiger partial charge < -0.3 is 14.6 Å². The predicted molar refractivity (Wildman–Crippen MR) is 98.7 cm³/mol. The summed E-state index contributed by atoms with van der Waals surface area (Å²) >= 11 is 0. The molecule has 2 fully saturated rings. The lowest BCUT2D eigenvalue weighted by Crippen LogP contribution is -2.40. The molecule has 1 aliphatic carbocycles. The van der Waals surface area contributed by atoms with E-state index in [-0.39, 0.29) is 17.2 Å². The fourth-order valence-corrected chi connectivity index (χ4v) is 4.96. The van der Waals surface area contributed by atoms with Crippen LogP contribution in [0.15, 0.2) is 15.9 Å². The lowest BCUT2D eigenvalue weighted by Gasteiger charge is -2.23. The van der Waals surface area contributed by atoms with Crippen LogP contribution in [-0.4, -0.2) is 54.3 Å². The number of rotatable bonds is 5. The van der Waals surface area contributed by atoms with Crippen LogP contribution in [0.2, 0.25) is 0 Å². The van der Waals surface area contributed by atoms with E-state index in [1.165, 1.54) is 15.5 Å². The molecule has 0 unspecified atom stereocenters. The third-order valence-corrected chi connectivity index (χ3v) is 6.42. The first-order chi connectivity index (χ1) is 12.8. The monoisotopic (exact) mass is 375 g/mol. The lowest BCUT2D eigenvalue weighted by atomic mass is 9.81. The topological polar surface area (TPSA) is 102 Å². The molecule has 9 heteroatoms. The third-order valence-electron chi connectivity index (χ3n) is 6.42. The molecule has 1 N–H and O–H groups in total. The number of carboxylic acids is 1. The van der Waals surface area contributed by atoms with Crippen molar-refractivity contribution >= 4 is 17.1 Å². The zero-order valence-electron chi connectivity index (χ0n) is 15.7. The minimum absolute atomic E-state index is 0.219. The summed E-state index contributed by atoms with van der Waals surface area (Å²) in [6, 6.07) is 0. The van der Waals surface area contributed by atoms with Gasteiger partial charge in [-0.05, 0) is 31.7 Å². The molecule has 0 amide bonds. The van der Waals surface area contributed by atoms with Crippen LogP contribution in [0.1, 0.15) is 25.7 Å². The van der Waals surface area contributed by atoms with E-state index in [2.05, 4.69) is 9.88 Å². The average molecular weight is 375 g/mol. The second-order valence-electron chi connectivity index (χ2n) is 7.97. The number of aromatic nitrogens is 4. The van der Waals surface area contributed by atoms with Gasteiger partial charge in [-0.15, -0.1) is 0 Å². The Hall–Kier alpha value is -2.42. The third kappa shape index (κ3) is 2.63. The second-order valence-corrected chi connectivity index (χ2v) is 7.97. The van der Waals surface area contributed by atoms with Crippen molar-refractivity contribution in [1.29, 1.82) is 0 Å². The van der Waals surface area contributed by atoms with E-state index in [1.54, 1.807) is 18.7 Å². The molecule has 0 bridgehead atoms. The molecule has 146 valence electrons. The number of hydrogen-bond donors (Lipinski definition) is 1. The molecule has 3 heterocycles. The Morgan fingerprint density at radius 2 is 2.11 bits per heavy atom.